The van der Waals surface area contributed by atoms with Gasteiger partial charge in [0.15, 0.2) is 0 Å². The number of nitrogens with zero attached hydrogens (tertiary/aromatic N) is 2. The van der Waals surface area contributed by atoms with Crippen LogP contribution in [-0.4, -0.2) is 44.3 Å². The summed E-state index contributed by atoms with van der Waals surface area (Å²) in [6, 6.07) is 18.3. The number of rotatable bonds is 9. The Labute approximate surface area is 175 Å². The van der Waals surface area contributed by atoms with Crippen molar-refractivity contribution in [2.75, 3.05) is 6.61 Å². The van der Waals surface area contributed by atoms with Gasteiger partial charge in [0.1, 0.15) is 16.1 Å². The summed E-state index contributed by atoms with van der Waals surface area (Å²) < 4.78 is 21.7. The fourth-order valence-corrected chi connectivity index (χ4v) is 3.04. The van der Waals surface area contributed by atoms with E-state index >= 15 is 0 Å². The summed E-state index contributed by atoms with van der Waals surface area (Å²) in [5, 5.41) is 9.78. The van der Waals surface area contributed by atoms with E-state index in [4.69, 9.17) is 4.74 Å². The number of ether oxygens (including phenoxy) is 1. The average Bonchev–Trinajstić information content (AvgIpc) is 2.69. The molecule has 0 fully saturated rings. The van der Waals surface area contributed by atoms with Crippen LogP contribution in [-0.2, 0) is 29.3 Å². The lowest BCUT2D eigenvalue weighted by atomic mass is 10.2. The highest BCUT2D eigenvalue weighted by Gasteiger charge is 2.28. The van der Waals surface area contributed by atoms with Crippen LogP contribution in [0.5, 0.6) is 0 Å². The molecule has 0 aliphatic rings. The van der Waals surface area contributed by atoms with Gasteiger partial charge >= 0.3 is 6.09 Å². The lowest BCUT2D eigenvalue weighted by Crippen LogP contribution is -2.43. The third-order valence-corrected chi connectivity index (χ3v) is 5.46. The van der Waals surface area contributed by atoms with Crippen molar-refractivity contribution in [1.82, 2.24) is 4.90 Å². The monoisotopic (exact) mass is 416 g/mol. The number of benzene rings is 2. The standard InChI is InChI=1S/C22H28N2O4S/c1-22(2,3)29(27)23-14-20(17-28-16-19-12-8-5-9-13-19)24(21(25)26)15-18-10-6-4-7-11-18/h4-14,20H,15-17H2,1-3H3,(H,25,26)/t20?,29-/m1/s1. The molecule has 2 aromatic rings. The molecule has 156 valence electrons. The van der Waals surface area contributed by atoms with Crippen LogP contribution in [0.1, 0.15) is 31.9 Å². The zero-order chi connectivity index (χ0) is 21.3. The van der Waals surface area contributed by atoms with Crippen molar-refractivity contribution in [3.8, 4) is 0 Å². The molecular formula is C22H28N2O4S. The van der Waals surface area contributed by atoms with Gasteiger partial charge in [-0.25, -0.2) is 4.79 Å². The van der Waals surface area contributed by atoms with E-state index in [1.807, 2.05) is 81.4 Å². The number of amides is 1. The van der Waals surface area contributed by atoms with Crippen molar-refractivity contribution < 1.29 is 19.2 Å². The molecular weight excluding hydrogens is 388 g/mol. The van der Waals surface area contributed by atoms with E-state index in [-0.39, 0.29) is 13.2 Å². The van der Waals surface area contributed by atoms with Gasteiger partial charge in [0.25, 0.3) is 0 Å². The molecule has 0 bridgehead atoms. The minimum atomic E-state index is -1.48. The molecule has 0 saturated carbocycles. The largest absolute Gasteiger partial charge is 0.591 e. The number of hydrogen-bond donors (Lipinski definition) is 1. The van der Waals surface area contributed by atoms with Crippen LogP contribution in [0.25, 0.3) is 0 Å². The molecule has 7 heteroatoms. The quantitative estimate of drug-likeness (QED) is 0.488. The highest BCUT2D eigenvalue weighted by molar-refractivity contribution is 7.91. The second-order valence-corrected chi connectivity index (χ2v) is 9.51. The van der Waals surface area contributed by atoms with E-state index < -0.39 is 28.2 Å². The van der Waals surface area contributed by atoms with Gasteiger partial charge in [0, 0.05) is 6.54 Å². The first kappa shape index (κ1) is 22.9. The van der Waals surface area contributed by atoms with Crippen LogP contribution in [0, 0.1) is 0 Å². The lowest BCUT2D eigenvalue weighted by molar-refractivity contribution is 0.0687. The molecule has 2 rings (SSSR count). The van der Waals surface area contributed by atoms with Crippen molar-refractivity contribution in [3.63, 3.8) is 0 Å². The molecule has 29 heavy (non-hydrogen) atoms. The van der Waals surface area contributed by atoms with Gasteiger partial charge in [0.2, 0.25) is 0 Å². The van der Waals surface area contributed by atoms with Gasteiger partial charge in [-0.15, -0.1) is 0 Å². The normalized spacial score (nSPS) is 13.9. The predicted molar refractivity (Wildman–Crippen MR) is 116 cm³/mol. The van der Waals surface area contributed by atoms with E-state index in [0.29, 0.717) is 6.61 Å². The first-order valence-corrected chi connectivity index (χ1v) is 10.5. The summed E-state index contributed by atoms with van der Waals surface area (Å²) in [7, 11) is 0. The van der Waals surface area contributed by atoms with Crippen LogP contribution >= 0.6 is 0 Å². The van der Waals surface area contributed by atoms with Gasteiger partial charge in [-0.3, -0.25) is 4.90 Å². The van der Waals surface area contributed by atoms with Gasteiger partial charge in [-0.05, 0) is 31.9 Å². The summed E-state index contributed by atoms with van der Waals surface area (Å²) in [6.45, 7) is 6.11. The lowest BCUT2D eigenvalue weighted by Gasteiger charge is -2.27. The van der Waals surface area contributed by atoms with Crippen LogP contribution in [0.15, 0.2) is 65.1 Å². The molecule has 6 nitrogen and oxygen atoms in total. The van der Waals surface area contributed by atoms with Crippen molar-refractivity contribution in [2.24, 2.45) is 4.40 Å². The number of carboxylic acid groups (broad SMARTS) is 1. The SMILES string of the molecule is CC(C)(C)[S@@+]([O-])N=CC(COCc1ccccc1)N(Cc1ccccc1)C(=O)O. The van der Waals surface area contributed by atoms with Crippen LogP contribution in [0.3, 0.4) is 0 Å². The Kier molecular flexibility index (Phi) is 8.70. The zero-order valence-corrected chi connectivity index (χ0v) is 17.8. The molecule has 0 spiro atoms. The van der Waals surface area contributed by atoms with E-state index in [0.717, 1.165) is 11.1 Å². The summed E-state index contributed by atoms with van der Waals surface area (Å²) in [5.74, 6) is 0. The van der Waals surface area contributed by atoms with Crippen LogP contribution in [0.2, 0.25) is 0 Å². The maximum atomic E-state index is 12.3. The Balaban J connectivity index is 2.15. The topological polar surface area (TPSA) is 85.2 Å². The smallest absolute Gasteiger partial charge is 0.408 e. The Morgan fingerprint density at radius 3 is 2.21 bits per heavy atom. The molecule has 1 N–H and O–H groups in total. The fourth-order valence-electron chi connectivity index (χ4n) is 2.48. The Bertz CT molecular complexity index is 778. The van der Waals surface area contributed by atoms with E-state index in [2.05, 4.69) is 4.40 Å². The van der Waals surface area contributed by atoms with Gasteiger partial charge < -0.3 is 14.4 Å². The minimum absolute atomic E-state index is 0.110. The molecule has 0 radical (unpaired) electrons. The zero-order valence-electron chi connectivity index (χ0n) is 17.0. The van der Waals surface area contributed by atoms with Crippen molar-refractivity contribution in [2.45, 2.75) is 44.7 Å². The third-order valence-electron chi connectivity index (χ3n) is 4.09. The Morgan fingerprint density at radius 1 is 1.14 bits per heavy atom. The first-order valence-electron chi connectivity index (χ1n) is 9.38. The highest BCUT2D eigenvalue weighted by Crippen LogP contribution is 2.17. The maximum absolute atomic E-state index is 12.3. The second-order valence-electron chi connectivity index (χ2n) is 7.58. The van der Waals surface area contributed by atoms with Crippen molar-refractivity contribution >= 4 is 23.7 Å². The third kappa shape index (κ3) is 7.89. The molecule has 1 amide bonds. The molecule has 2 aromatic carbocycles. The van der Waals surface area contributed by atoms with Crippen molar-refractivity contribution in [3.05, 3.63) is 71.8 Å². The predicted octanol–water partition coefficient (Wildman–Crippen LogP) is 4.29. The van der Waals surface area contributed by atoms with E-state index in [9.17, 15) is 14.5 Å². The maximum Gasteiger partial charge on any atom is 0.408 e. The molecule has 0 aromatic heterocycles. The number of hydrogen-bond acceptors (Lipinski definition) is 4. The summed E-state index contributed by atoms with van der Waals surface area (Å²) in [6.07, 6.45) is 0.346. The van der Waals surface area contributed by atoms with E-state index in [1.165, 1.54) is 11.1 Å². The van der Waals surface area contributed by atoms with Crippen LogP contribution in [0.4, 0.5) is 4.79 Å². The average molecular weight is 417 g/mol. The van der Waals surface area contributed by atoms with Crippen LogP contribution < -0.4 is 0 Å². The van der Waals surface area contributed by atoms with Gasteiger partial charge in [0.05, 0.1) is 25.5 Å². The first-order chi connectivity index (χ1) is 13.8. The molecule has 1 unspecified atom stereocenters. The molecule has 0 aliphatic carbocycles. The summed E-state index contributed by atoms with van der Waals surface area (Å²) >= 11 is -1.48. The van der Waals surface area contributed by atoms with Gasteiger partial charge in [-0.1, -0.05) is 65.1 Å². The summed E-state index contributed by atoms with van der Waals surface area (Å²) in [5.41, 5.74) is 1.85. The molecule has 2 atom stereocenters. The highest BCUT2D eigenvalue weighted by atomic mass is 32.2. The van der Waals surface area contributed by atoms with Gasteiger partial charge in [-0.2, -0.15) is 0 Å². The fraction of sp³-hybridized carbons (Fsp3) is 0.364. The second kappa shape index (κ2) is 11.0. The molecule has 0 aliphatic heterocycles. The Hall–Kier alpha value is -2.35. The van der Waals surface area contributed by atoms with Crippen molar-refractivity contribution in [1.29, 1.82) is 0 Å². The minimum Gasteiger partial charge on any atom is -0.591 e. The Morgan fingerprint density at radius 2 is 1.69 bits per heavy atom. The molecule has 0 heterocycles. The number of carbonyl (C=O) groups is 1. The summed E-state index contributed by atoms with van der Waals surface area (Å²) in [4.78, 5) is 13.2. The van der Waals surface area contributed by atoms with E-state index in [1.54, 1.807) is 0 Å². The molecule has 0 saturated heterocycles.